The lowest BCUT2D eigenvalue weighted by Crippen LogP contribution is -3.07. The quantitative estimate of drug-likeness (QED) is 0.363. The summed E-state index contributed by atoms with van der Waals surface area (Å²) < 4.78 is 33.3. The predicted molar refractivity (Wildman–Crippen MR) is 124 cm³/mol. The van der Waals surface area contributed by atoms with Crippen LogP contribution in [0.2, 0.25) is 0 Å². The first-order chi connectivity index (χ1) is 16.6. The Morgan fingerprint density at radius 3 is 2.61 bits per heavy atom. The molecule has 4 aromatic rings. The van der Waals surface area contributed by atoms with Gasteiger partial charge in [-0.25, -0.2) is 9.50 Å². The number of carbonyl (C=O) groups is 2. The number of aromatic amines is 1. The van der Waals surface area contributed by atoms with Gasteiger partial charge in [-0.1, -0.05) is 7.43 Å². The highest BCUT2D eigenvalue weighted by Gasteiger charge is 2.29. The van der Waals surface area contributed by atoms with Crippen LogP contribution in [0.5, 0.6) is 0 Å². The zero-order chi connectivity index (χ0) is 25.2. The number of nitrogens with zero attached hydrogens (tertiary/aromatic N) is 4. The number of quaternary nitrogens is 1. The fraction of sp³-hybridized carbons (Fsp3) is 0.318. The molecule has 14 heteroatoms. The number of aromatic nitrogens is 5. The summed E-state index contributed by atoms with van der Waals surface area (Å²) in [5, 5.41) is 25.1. The summed E-state index contributed by atoms with van der Waals surface area (Å²) in [6, 6.07) is 2.19. The van der Waals surface area contributed by atoms with E-state index in [4.69, 9.17) is 9.90 Å². The maximum absolute atomic E-state index is 12.6. The van der Waals surface area contributed by atoms with Gasteiger partial charge in [0.25, 0.3) is 5.91 Å². The van der Waals surface area contributed by atoms with Crippen LogP contribution < -0.4 is 15.3 Å². The fourth-order valence-corrected chi connectivity index (χ4v) is 4.47. The summed E-state index contributed by atoms with van der Waals surface area (Å²) in [6.45, 7) is 2.09. The van der Waals surface area contributed by atoms with Gasteiger partial charge in [0.1, 0.15) is 5.97 Å². The van der Waals surface area contributed by atoms with E-state index in [1.807, 2.05) is 30.0 Å². The lowest BCUT2D eigenvalue weighted by molar-refractivity contribution is -0.866. The number of thiophene rings is 1. The standard InChI is InChI=1S/C19H19N7OS.C2HF3O2.CH4/c1-25-3-2-15(10-25)24-19(27)17-4-12(11-28-17)16-8-23-26-9-14(5-20-18(16)26)13-6-21-22-7-13;3-2(4,5)1(6)7;/h4-9,11,15H,2-3,10H2,1H3,(H,21,22)(H,24,27);(H,6,7);1H4/t15-;;/m0../s1. The first-order valence-corrected chi connectivity index (χ1v) is 11.3. The van der Waals surface area contributed by atoms with Crippen LogP contribution in [-0.2, 0) is 4.79 Å². The zero-order valence-corrected chi connectivity index (χ0v) is 19.1. The van der Waals surface area contributed by atoms with E-state index >= 15 is 0 Å². The Morgan fingerprint density at radius 2 is 2.00 bits per heavy atom. The number of alkyl halides is 3. The molecule has 0 spiro atoms. The van der Waals surface area contributed by atoms with Gasteiger partial charge in [-0.15, -0.1) is 11.3 Å². The molecule has 1 aliphatic heterocycles. The molecule has 0 bridgehead atoms. The van der Waals surface area contributed by atoms with Crippen molar-refractivity contribution in [3.63, 3.8) is 0 Å². The maximum atomic E-state index is 12.6. The third-order valence-corrected chi connectivity index (χ3v) is 6.33. The van der Waals surface area contributed by atoms with Gasteiger partial charge < -0.3 is 20.1 Å². The summed E-state index contributed by atoms with van der Waals surface area (Å²) in [7, 11) is 2.16. The van der Waals surface area contributed by atoms with Crippen molar-refractivity contribution >= 4 is 28.9 Å². The van der Waals surface area contributed by atoms with Crippen molar-refractivity contribution in [1.82, 2.24) is 30.1 Å². The molecule has 1 saturated heterocycles. The molecule has 0 aromatic carbocycles. The minimum Gasteiger partial charge on any atom is -0.542 e. The minimum absolute atomic E-state index is 0. The van der Waals surface area contributed by atoms with Gasteiger partial charge in [0.2, 0.25) is 0 Å². The van der Waals surface area contributed by atoms with Crippen molar-refractivity contribution in [1.29, 1.82) is 0 Å². The Morgan fingerprint density at radius 1 is 1.25 bits per heavy atom. The fourth-order valence-electron chi connectivity index (χ4n) is 3.66. The number of fused-ring (bicyclic) bond motifs is 1. The van der Waals surface area contributed by atoms with E-state index in [1.165, 1.54) is 16.2 Å². The number of rotatable bonds is 4. The Balaban J connectivity index is 0.000000400. The number of amides is 1. The van der Waals surface area contributed by atoms with E-state index < -0.39 is 12.1 Å². The van der Waals surface area contributed by atoms with Crippen LogP contribution in [0.4, 0.5) is 13.2 Å². The Kier molecular flexibility index (Phi) is 8.10. The summed E-state index contributed by atoms with van der Waals surface area (Å²) in [5.74, 6) is -3.00. The molecule has 4 aromatic heterocycles. The first-order valence-electron chi connectivity index (χ1n) is 10.4. The highest BCUT2D eigenvalue weighted by atomic mass is 32.1. The molecule has 10 nitrogen and oxygen atoms in total. The second-order valence-electron chi connectivity index (χ2n) is 8.01. The van der Waals surface area contributed by atoms with Crippen molar-refractivity contribution in [3.05, 3.63) is 47.3 Å². The normalized spacial score (nSPS) is 17.2. The monoisotopic (exact) mass is 523 g/mol. The molecule has 1 unspecified atom stereocenters. The van der Waals surface area contributed by atoms with Crippen molar-refractivity contribution in [3.8, 4) is 22.3 Å². The van der Waals surface area contributed by atoms with Crippen LogP contribution in [0.25, 0.3) is 27.9 Å². The molecular formula is C22H24F3N7O3S. The van der Waals surface area contributed by atoms with E-state index in [0.29, 0.717) is 4.88 Å². The summed E-state index contributed by atoms with van der Waals surface area (Å²) in [6.07, 6.45) is 4.94. The number of hydrogen-bond donors (Lipinski definition) is 3. The number of carboxylic acid groups (broad SMARTS) is 1. The molecule has 3 N–H and O–H groups in total. The molecule has 1 fully saturated rings. The van der Waals surface area contributed by atoms with Crippen LogP contribution in [0, 0.1) is 0 Å². The van der Waals surface area contributed by atoms with E-state index in [9.17, 15) is 18.0 Å². The third-order valence-electron chi connectivity index (χ3n) is 5.40. The van der Waals surface area contributed by atoms with Crippen LogP contribution >= 0.6 is 11.3 Å². The minimum atomic E-state index is -5.19. The van der Waals surface area contributed by atoms with Crippen LogP contribution in [0.1, 0.15) is 23.5 Å². The predicted octanol–water partition coefficient (Wildman–Crippen LogP) is 0.799. The molecule has 1 amide bonds. The highest BCUT2D eigenvalue weighted by molar-refractivity contribution is 7.12. The average molecular weight is 524 g/mol. The highest BCUT2D eigenvalue weighted by Crippen LogP contribution is 2.29. The largest absolute Gasteiger partial charge is 0.542 e. The number of carboxylic acids is 1. The molecule has 2 atom stereocenters. The van der Waals surface area contributed by atoms with Crippen LogP contribution in [-0.4, -0.2) is 69.0 Å². The first kappa shape index (κ1) is 26.8. The lowest BCUT2D eigenvalue weighted by atomic mass is 10.1. The Labute approximate surface area is 207 Å². The number of carbonyl (C=O) groups excluding carboxylic acids is 2. The van der Waals surface area contributed by atoms with E-state index in [1.54, 1.807) is 16.9 Å². The van der Waals surface area contributed by atoms with Gasteiger partial charge in [0.05, 0.1) is 43.4 Å². The van der Waals surface area contributed by atoms with Crippen molar-refractivity contribution in [2.75, 3.05) is 20.1 Å². The average Bonchev–Trinajstić information content (AvgIpc) is 3.59. The molecule has 36 heavy (non-hydrogen) atoms. The van der Waals surface area contributed by atoms with Gasteiger partial charge >= 0.3 is 6.18 Å². The topological polar surface area (TPSA) is 133 Å². The van der Waals surface area contributed by atoms with Gasteiger partial charge in [-0.05, 0) is 17.0 Å². The molecule has 1 aliphatic rings. The SMILES string of the molecule is C.C[NH+]1CC[C@H](NC(=O)c2cc(-c3cnn4cc(-c5cn[nH]c5)cnc34)cs2)C1.O=C([O-])C(F)(F)F. The summed E-state index contributed by atoms with van der Waals surface area (Å²) in [5.41, 5.74) is 4.53. The molecule has 5 heterocycles. The molecule has 0 radical (unpaired) electrons. The lowest BCUT2D eigenvalue weighted by Gasteiger charge is -2.09. The van der Waals surface area contributed by atoms with Gasteiger partial charge in [-0.2, -0.15) is 23.4 Å². The van der Waals surface area contributed by atoms with Crippen LogP contribution in [0.15, 0.2) is 42.4 Å². The third kappa shape index (κ3) is 6.07. The smallest absolute Gasteiger partial charge is 0.430 e. The molecule has 192 valence electrons. The number of hydrogen-bond acceptors (Lipinski definition) is 7. The molecule has 0 saturated carbocycles. The Hall–Kier alpha value is -3.78. The van der Waals surface area contributed by atoms with Crippen molar-refractivity contribution in [2.24, 2.45) is 0 Å². The Bertz CT molecular complexity index is 1330. The van der Waals surface area contributed by atoms with E-state index in [0.717, 1.165) is 47.4 Å². The zero-order valence-electron chi connectivity index (χ0n) is 18.3. The number of likely N-dealkylation sites (tertiary alicyclic amines) is 1. The summed E-state index contributed by atoms with van der Waals surface area (Å²) in [4.78, 5) is 28.1. The maximum Gasteiger partial charge on any atom is 0.430 e. The number of halogens is 3. The molecular weight excluding hydrogens is 499 g/mol. The number of H-pyrrole nitrogens is 1. The van der Waals surface area contributed by atoms with Crippen molar-refractivity contribution < 1.29 is 32.8 Å². The number of nitrogens with one attached hydrogen (secondary N) is 3. The van der Waals surface area contributed by atoms with E-state index in [2.05, 4.69) is 32.6 Å². The molecule has 5 rings (SSSR count). The van der Waals surface area contributed by atoms with E-state index in [-0.39, 0.29) is 19.4 Å². The van der Waals surface area contributed by atoms with Gasteiger partial charge in [0, 0.05) is 41.7 Å². The van der Waals surface area contributed by atoms with Gasteiger partial charge in [-0.3, -0.25) is 9.89 Å². The second-order valence-corrected chi connectivity index (χ2v) is 8.92. The van der Waals surface area contributed by atoms with Crippen molar-refractivity contribution in [2.45, 2.75) is 26.1 Å². The summed E-state index contributed by atoms with van der Waals surface area (Å²) >= 11 is 1.45. The molecule has 0 aliphatic carbocycles. The van der Waals surface area contributed by atoms with Crippen LogP contribution in [0.3, 0.4) is 0 Å². The number of likely N-dealkylation sites (N-methyl/N-ethyl adjacent to an activating group) is 1. The second kappa shape index (κ2) is 10.9. The number of aliphatic carboxylic acids is 1. The van der Waals surface area contributed by atoms with Gasteiger partial charge in [0.15, 0.2) is 5.65 Å².